The smallest absolute Gasteiger partial charge is 0.337 e. The molecule has 0 saturated carbocycles. The molecule has 0 aromatic heterocycles. The Morgan fingerprint density at radius 2 is 1.71 bits per heavy atom. The predicted octanol–water partition coefficient (Wildman–Crippen LogP) is 3.39. The molecule has 2 aromatic carbocycles. The quantitative estimate of drug-likeness (QED) is 0.778. The third-order valence-corrected chi connectivity index (χ3v) is 5.78. The molecule has 0 unspecified atom stereocenters. The summed E-state index contributed by atoms with van der Waals surface area (Å²) in [5.41, 5.74) is 1.42. The second-order valence-electron chi connectivity index (χ2n) is 5.70. The molecule has 0 atom stereocenters. The van der Waals surface area contributed by atoms with Crippen LogP contribution in [0, 0.1) is 6.92 Å². The van der Waals surface area contributed by atoms with Crippen LogP contribution < -0.4 is 4.31 Å². The van der Waals surface area contributed by atoms with Crippen molar-refractivity contribution in [3.63, 3.8) is 0 Å². The molecule has 0 N–H and O–H groups in total. The predicted molar refractivity (Wildman–Crippen MR) is 93.8 cm³/mol. The highest BCUT2D eigenvalue weighted by Gasteiger charge is 2.29. The van der Waals surface area contributed by atoms with Crippen molar-refractivity contribution in [2.45, 2.75) is 31.7 Å². The van der Waals surface area contributed by atoms with Crippen molar-refractivity contribution < 1.29 is 17.9 Å². The van der Waals surface area contributed by atoms with E-state index in [-0.39, 0.29) is 10.9 Å². The zero-order valence-corrected chi connectivity index (χ0v) is 15.0. The summed E-state index contributed by atoms with van der Waals surface area (Å²) >= 11 is 0. The highest BCUT2D eigenvalue weighted by Crippen LogP contribution is 2.28. The van der Waals surface area contributed by atoms with Crippen LogP contribution in [0.15, 0.2) is 53.4 Å². The number of carbonyl (C=O) groups excluding carboxylic acids is 1. The van der Waals surface area contributed by atoms with Crippen molar-refractivity contribution in [1.82, 2.24) is 0 Å². The van der Waals surface area contributed by atoms with E-state index in [1.807, 2.05) is 19.9 Å². The number of rotatable bonds is 5. The third kappa shape index (κ3) is 3.43. The van der Waals surface area contributed by atoms with Crippen LogP contribution in [0.2, 0.25) is 0 Å². The van der Waals surface area contributed by atoms with Gasteiger partial charge in [-0.05, 0) is 56.7 Å². The number of methoxy groups -OCH3 is 1. The van der Waals surface area contributed by atoms with E-state index in [1.165, 1.54) is 29.6 Å². The van der Waals surface area contributed by atoms with E-state index in [9.17, 15) is 13.2 Å². The van der Waals surface area contributed by atoms with Gasteiger partial charge in [-0.15, -0.1) is 0 Å². The number of aryl methyl sites for hydroxylation is 1. The third-order valence-electron chi connectivity index (χ3n) is 3.61. The minimum atomic E-state index is -3.75. The molecule has 2 rings (SSSR count). The Kier molecular flexibility index (Phi) is 5.29. The molecule has 0 fully saturated rings. The highest BCUT2D eigenvalue weighted by molar-refractivity contribution is 7.93. The molecular weight excluding hydrogens is 326 g/mol. The number of sulfonamides is 1. The van der Waals surface area contributed by atoms with Crippen molar-refractivity contribution in [1.29, 1.82) is 0 Å². The number of benzene rings is 2. The van der Waals surface area contributed by atoms with Gasteiger partial charge < -0.3 is 4.74 Å². The van der Waals surface area contributed by atoms with Gasteiger partial charge in [0.05, 0.1) is 23.3 Å². The maximum absolute atomic E-state index is 13.2. The first kappa shape index (κ1) is 18.0. The number of carbonyl (C=O) groups is 1. The summed E-state index contributed by atoms with van der Waals surface area (Å²) in [6.45, 7) is 5.31. The Morgan fingerprint density at radius 1 is 1.08 bits per heavy atom. The molecule has 0 bridgehead atoms. The van der Waals surface area contributed by atoms with Gasteiger partial charge in [0.2, 0.25) is 0 Å². The fourth-order valence-corrected chi connectivity index (χ4v) is 4.45. The number of nitrogens with zero attached hydrogens (tertiary/aromatic N) is 1. The van der Waals surface area contributed by atoms with Crippen LogP contribution >= 0.6 is 0 Å². The first-order valence-electron chi connectivity index (χ1n) is 7.57. The first-order chi connectivity index (χ1) is 11.3. The van der Waals surface area contributed by atoms with Crippen LogP contribution in [-0.4, -0.2) is 27.5 Å². The lowest BCUT2D eigenvalue weighted by Gasteiger charge is -2.29. The normalized spacial score (nSPS) is 11.4. The second-order valence-corrected chi connectivity index (χ2v) is 7.49. The molecule has 128 valence electrons. The summed E-state index contributed by atoms with van der Waals surface area (Å²) in [6, 6.07) is 13.2. The number of ether oxygens (including phenoxy) is 1. The van der Waals surface area contributed by atoms with E-state index < -0.39 is 16.0 Å². The number of hydrogen-bond donors (Lipinski definition) is 0. The lowest BCUT2D eigenvalue weighted by atomic mass is 10.1. The van der Waals surface area contributed by atoms with Crippen molar-refractivity contribution in [2.75, 3.05) is 11.4 Å². The Balaban J connectivity index is 2.54. The van der Waals surface area contributed by atoms with Crippen molar-refractivity contribution in [3.8, 4) is 0 Å². The fourth-order valence-electron chi connectivity index (χ4n) is 2.58. The van der Waals surface area contributed by atoms with Gasteiger partial charge in [-0.25, -0.2) is 13.2 Å². The lowest BCUT2D eigenvalue weighted by Crippen LogP contribution is -2.37. The minimum absolute atomic E-state index is 0.174. The second kappa shape index (κ2) is 7.05. The topological polar surface area (TPSA) is 63.7 Å². The van der Waals surface area contributed by atoms with E-state index in [1.54, 1.807) is 31.2 Å². The zero-order chi connectivity index (χ0) is 17.9. The molecule has 0 saturated heterocycles. The molecule has 6 heteroatoms. The van der Waals surface area contributed by atoms with Gasteiger partial charge in [0, 0.05) is 6.04 Å². The fraction of sp³-hybridized carbons (Fsp3) is 0.278. The molecule has 0 spiro atoms. The highest BCUT2D eigenvalue weighted by atomic mass is 32.2. The Hall–Kier alpha value is -2.34. The van der Waals surface area contributed by atoms with Gasteiger partial charge >= 0.3 is 5.97 Å². The first-order valence-corrected chi connectivity index (χ1v) is 9.01. The molecule has 2 aromatic rings. The largest absolute Gasteiger partial charge is 0.465 e. The van der Waals surface area contributed by atoms with Crippen molar-refractivity contribution in [3.05, 3.63) is 59.7 Å². The van der Waals surface area contributed by atoms with Gasteiger partial charge in [-0.3, -0.25) is 4.31 Å². The maximum atomic E-state index is 13.2. The van der Waals surface area contributed by atoms with Gasteiger partial charge in [0.25, 0.3) is 10.0 Å². The molecule has 5 nitrogen and oxygen atoms in total. The number of anilines is 1. The van der Waals surface area contributed by atoms with E-state index in [2.05, 4.69) is 4.74 Å². The van der Waals surface area contributed by atoms with Crippen molar-refractivity contribution in [2.24, 2.45) is 0 Å². The monoisotopic (exact) mass is 347 g/mol. The van der Waals surface area contributed by atoms with E-state index in [0.29, 0.717) is 16.8 Å². The minimum Gasteiger partial charge on any atom is -0.465 e. The molecule has 0 aliphatic heterocycles. The Morgan fingerprint density at radius 3 is 2.21 bits per heavy atom. The summed E-state index contributed by atoms with van der Waals surface area (Å²) < 4.78 is 32.4. The zero-order valence-electron chi connectivity index (χ0n) is 14.2. The summed E-state index contributed by atoms with van der Waals surface area (Å²) in [7, 11) is -2.46. The van der Waals surface area contributed by atoms with Crippen LogP contribution in [0.25, 0.3) is 0 Å². The summed E-state index contributed by atoms with van der Waals surface area (Å²) in [5, 5.41) is 0. The standard InChI is InChI=1S/C18H21NO4S/c1-13(2)19(16-8-6-5-7-9-16)24(21,22)17-11-10-15(12-14(17)3)18(20)23-4/h5-13H,1-4H3. The van der Waals surface area contributed by atoms with Gasteiger partial charge in [0.15, 0.2) is 0 Å². The molecule has 0 heterocycles. The van der Waals surface area contributed by atoms with Crippen LogP contribution in [-0.2, 0) is 14.8 Å². The number of hydrogen-bond acceptors (Lipinski definition) is 4. The van der Waals surface area contributed by atoms with Gasteiger partial charge in [-0.1, -0.05) is 18.2 Å². The molecule has 0 amide bonds. The number of esters is 1. The Bertz CT molecular complexity index is 829. The molecule has 0 aliphatic carbocycles. The summed E-state index contributed by atoms with van der Waals surface area (Å²) in [5.74, 6) is -0.495. The van der Waals surface area contributed by atoms with Crippen LogP contribution in [0.4, 0.5) is 5.69 Å². The number of para-hydroxylation sites is 1. The van der Waals surface area contributed by atoms with Crippen LogP contribution in [0.3, 0.4) is 0 Å². The summed E-state index contributed by atoms with van der Waals surface area (Å²) in [4.78, 5) is 11.8. The van der Waals surface area contributed by atoms with E-state index in [0.717, 1.165) is 0 Å². The maximum Gasteiger partial charge on any atom is 0.337 e. The van der Waals surface area contributed by atoms with E-state index in [4.69, 9.17) is 0 Å². The SMILES string of the molecule is COC(=O)c1ccc(S(=O)(=O)N(c2ccccc2)C(C)C)c(C)c1. The molecule has 0 aliphatic rings. The Labute approximate surface area is 142 Å². The lowest BCUT2D eigenvalue weighted by molar-refractivity contribution is 0.0600. The van der Waals surface area contributed by atoms with Crippen molar-refractivity contribution >= 4 is 21.7 Å². The molecular formula is C18H21NO4S. The van der Waals surface area contributed by atoms with Crippen LogP contribution in [0.5, 0.6) is 0 Å². The average Bonchev–Trinajstić information content (AvgIpc) is 2.54. The molecule has 24 heavy (non-hydrogen) atoms. The molecule has 0 radical (unpaired) electrons. The van der Waals surface area contributed by atoms with Gasteiger partial charge in [0.1, 0.15) is 0 Å². The average molecular weight is 347 g/mol. The summed E-state index contributed by atoms with van der Waals surface area (Å²) in [6.07, 6.45) is 0. The van der Waals surface area contributed by atoms with Gasteiger partial charge in [-0.2, -0.15) is 0 Å². The van der Waals surface area contributed by atoms with E-state index >= 15 is 0 Å². The van der Waals surface area contributed by atoms with Crippen LogP contribution in [0.1, 0.15) is 29.8 Å².